The number of amides is 3. The number of carbonyl (C=O) groups is 2. The molecule has 7 heteroatoms. The number of likely N-dealkylation sites (tertiary alicyclic amines) is 1. The van der Waals surface area contributed by atoms with Gasteiger partial charge in [-0.15, -0.1) is 0 Å². The number of benzene rings is 1. The third-order valence-corrected chi connectivity index (χ3v) is 4.17. The van der Waals surface area contributed by atoms with Crippen LogP contribution in [-0.2, 0) is 0 Å². The predicted molar refractivity (Wildman–Crippen MR) is 86.8 cm³/mol. The van der Waals surface area contributed by atoms with Crippen LogP contribution in [0.3, 0.4) is 0 Å². The highest BCUT2D eigenvalue weighted by Gasteiger charge is 2.27. The summed E-state index contributed by atoms with van der Waals surface area (Å²) in [5.41, 5.74) is 5.18. The van der Waals surface area contributed by atoms with Crippen molar-refractivity contribution in [3.05, 3.63) is 29.6 Å². The van der Waals surface area contributed by atoms with Gasteiger partial charge in [-0.05, 0) is 44.1 Å². The number of primary amides is 1. The van der Waals surface area contributed by atoms with Gasteiger partial charge in [0.05, 0.1) is 5.56 Å². The van der Waals surface area contributed by atoms with Gasteiger partial charge in [-0.1, -0.05) is 6.92 Å². The average molecular weight is 322 g/mol. The molecule has 23 heavy (non-hydrogen) atoms. The van der Waals surface area contributed by atoms with Gasteiger partial charge < -0.3 is 20.9 Å². The normalized spacial score (nSPS) is 17.6. The molecule has 1 aromatic rings. The van der Waals surface area contributed by atoms with Gasteiger partial charge in [-0.3, -0.25) is 4.79 Å². The Morgan fingerprint density at radius 1 is 1.48 bits per heavy atom. The van der Waals surface area contributed by atoms with Crippen molar-refractivity contribution in [1.29, 1.82) is 0 Å². The van der Waals surface area contributed by atoms with E-state index in [-0.39, 0.29) is 11.6 Å². The van der Waals surface area contributed by atoms with E-state index in [0.29, 0.717) is 24.7 Å². The van der Waals surface area contributed by atoms with Crippen LogP contribution in [0.5, 0.6) is 0 Å². The zero-order valence-electron chi connectivity index (χ0n) is 13.5. The van der Waals surface area contributed by atoms with E-state index in [2.05, 4.69) is 24.2 Å². The minimum absolute atomic E-state index is 0.188. The lowest BCUT2D eigenvalue weighted by molar-refractivity contribution is 0.0996. The summed E-state index contributed by atoms with van der Waals surface area (Å²) >= 11 is 0. The summed E-state index contributed by atoms with van der Waals surface area (Å²) in [4.78, 5) is 27.2. The van der Waals surface area contributed by atoms with Crippen molar-refractivity contribution in [2.45, 2.75) is 13.3 Å². The molecule has 6 nitrogen and oxygen atoms in total. The minimum atomic E-state index is -0.831. The second kappa shape index (κ2) is 7.41. The molecule has 1 saturated heterocycles. The molecule has 1 atom stereocenters. The first-order chi connectivity index (χ1) is 10.9. The molecule has 0 bridgehead atoms. The molecule has 0 unspecified atom stereocenters. The summed E-state index contributed by atoms with van der Waals surface area (Å²) in [6.45, 7) is 5.42. The maximum atomic E-state index is 13.7. The van der Waals surface area contributed by atoms with Crippen LogP contribution < -0.4 is 11.1 Å². The topological polar surface area (TPSA) is 78.7 Å². The van der Waals surface area contributed by atoms with Crippen molar-refractivity contribution < 1.29 is 14.0 Å². The third kappa shape index (κ3) is 4.41. The standard InChI is InChI=1S/C16H23FN4O2/c1-3-20(2)9-11-6-7-21(10-11)16(23)19-12-4-5-13(15(18)22)14(17)8-12/h4-5,8,11H,3,6-7,9-10H2,1-2H3,(H2,18,22)(H,19,23)/t11-/m0/s1. The van der Waals surface area contributed by atoms with E-state index in [4.69, 9.17) is 5.73 Å². The molecule has 1 heterocycles. The fourth-order valence-electron chi connectivity index (χ4n) is 2.73. The van der Waals surface area contributed by atoms with Crippen LogP contribution in [-0.4, -0.2) is 55.0 Å². The molecule has 2 rings (SSSR count). The molecule has 0 radical (unpaired) electrons. The molecule has 1 fully saturated rings. The number of carbonyl (C=O) groups excluding carboxylic acids is 2. The van der Waals surface area contributed by atoms with Crippen molar-refractivity contribution in [1.82, 2.24) is 9.80 Å². The first-order valence-corrected chi connectivity index (χ1v) is 7.74. The van der Waals surface area contributed by atoms with E-state index in [9.17, 15) is 14.0 Å². The summed E-state index contributed by atoms with van der Waals surface area (Å²) in [5.74, 6) is -1.11. The number of hydrogen-bond acceptors (Lipinski definition) is 3. The van der Waals surface area contributed by atoms with Gasteiger partial charge in [0.2, 0.25) is 0 Å². The SMILES string of the molecule is CCN(C)C[C@@H]1CCN(C(=O)Nc2ccc(C(N)=O)c(F)c2)C1. The Labute approximate surface area is 135 Å². The molecule has 1 aromatic carbocycles. The van der Waals surface area contributed by atoms with Crippen LogP contribution in [0.1, 0.15) is 23.7 Å². The van der Waals surface area contributed by atoms with E-state index in [1.807, 2.05) is 0 Å². The van der Waals surface area contributed by atoms with E-state index in [0.717, 1.165) is 25.6 Å². The number of nitrogens with one attached hydrogen (secondary N) is 1. The molecule has 0 aliphatic carbocycles. The van der Waals surface area contributed by atoms with Crippen LogP contribution in [0, 0.1) is 11.7 Å². The van der Waals surface area contributed by atoms with Crippen molar-refractivity contribution >= 4 is 17.6 Å². The summed E-state index contributed by atoms with van der Waals surface area (Å²) < 4.78 is 13.7. The number of nitrogens with zero attached hydrogens (tertiary/aromatic N) is 2. The quantitative estimate of drug-likeness (QED) is 0.866. The zero-order valence-corrected chi connectivity index (χ0v) is 13.5. The van der Waals surface area contributed by atoms with E-state index in [1.54, 1.807) is 4.90 Å². The smallest absolute Gasteiger partial charge is 0.321 e. The monoisotopic (exact) mass is 322 g/mol. The van der Waals surface area contributed by atoms with Crippen LogP contribution in [0.2, 0.25) is 0 Å². The molecule has 0 aromatic heterocycles. The van der Waals surface area contributed by atoms with Gasteiger partial charge in [0.25, 0.3) is 5.91 Å². The lowest BCUT2D eigenvalue weighted by Crippen LogP contribution is -2.34. The molecule has 3 N–H and O–H groups in total. The van der Waals surface area contributed by atoms with Crippen LogP contribution in [0.25, 0.3) is 0 Å². The average Bonchev–Trinajstić information content (AvgIpc) is 2.95. The Bertz CT molecular complexity index is 593. The van der Waals surface area contributed by atoms with Crippen molar-refractivity contribution in [3.8, 4) is 0 Å². The highest BCUT2D eigenvalue weighted by Crippen LogP contribution is 2.19. The number of anilines is 1. The van der Waals surface area contributed by atoms with Crippen molar-refractivity contribution in [3.63, 3.8) is 0 Å². The van der Waals surface area contributed by atoms with Crippen molar-refractivity contribution in [2.24, 2.45) is 11.7 Å². The highest BCUT2D eigenvalue weighted by atomic mass is 19.1. The Kier molecular flexibility index (Phi) is 5.54. The number of urea groups is 1. The van der Waals surface area contributed by atoms with E-state index in [1.165, 1.54) is 12.1 Å². The summed E-state index contributed by atoms with van der Waals surface area (Å²) in [6.07, 6.45) is 0.965. The lowest BCUT2D eigenvalue weighted by Gasteiger charge is -2.20. The maximum Gasteiger partial charge on any atom is 0.321 e. The number of hydrogen-bond donors (Lipinski definition) is 2. The molecular formula is C16H23FN4O2. The lowest BCUT2D eigenvalue weighted by atomic mass is 10.1. The summed E-state index contributed by atoms with van der Waals surface area (Å²) in [7, 11) is 2.06. The van der Waals surface area contributed by atoms with E-state index < -0.39 is 11.7 Å². The van der Waals surface area contributed by atoms with Gasteiger partial charge in [-0.2, -0.15) is 0 Å². The number of nitrogens with two attached hydrogens (primary N) is 1. The van der Waals surface area contributed by atoms with Crippen LogP contribution in [0.4, 0.5) is 14.9 Å². The largest absolute Gasteiger partial charge is 0.366 e. The Hall–Kier alpha value is -2.15. The third-order valence-electron chi connectivity index (χ3n) is 4.17. The predicted octanol–water partition coefficient (Wildman–Crippen LogP) is 1.73. The molecule has 126 valence electrons. The Balaban J connectivity index is 1.92. The van der Waals surface area contributed by atoms with Crippen LogP contribution >= 0.6 is 0 Å². The van der Waals surface area contributed by atoms with Gasteiger partial charge >= 0.3 is 6.03 Å². The Morgan fingerprint density at radius 3 is 2.83 bits per heavy atom. The molecule has 0 saturated carbocycles. The van der Waals surface area contributed by atoms with Gasteiger partial charge in [-0.25, -0.2) is 9.18 Å². The summed E-state index contributed by atoms with van der Waals surface area (Å²) in [6, 6.07) is 3.60. The zero-order chi connectivity index (χ0) is 17.0. The summed E-state index contributed by atoms with van der Waals surface area (Å²) in [5, 5.41) is 2.66. The maximum absolute atomic E-state index is 13.7. The Morgan fingerprint density at radius 2 is 2.22 bits per heavy atom. The van der Waals surface area contributed by atoms with Crippen molar-refractivity contribution in [2.75, 3.05) is 38.5 Å². The first-order valence-electron chi connectivity index (χ1n) is 7.74. The minimum Gasteiger partial charge on any atom is -0.366 e. The molecule has 1 aliphatic rings. The first kappa shape index (κ1) is 17.2. The van der Waals surface area contributed by atoms with Gasteiger partial charge in [0.1, 0.15) is 5.82 Å². The van der Waals surface area contributed by atoms with Gasteiger partial charge in [0, 0.05) is 25.3 Å². The van der Waals surface area contributed by atoms with Crippen LogP contribution in [0.15, 0.2) is 18.2 Å². The molecule has 0 spiro atoms. The second-order valence-corrected chi connectivity index (χ2v) is 5.94. The number of rotatable bonds is 5. The van der Waals surface area contributed by atoms with E-state index >= 15 is 0 Å². The fourth-order valence-corrected chi connectivity index (χ4v) is 2.73. The molecule has 1 aliphatic heterocycles. The second-order valence-electron chi connectivity index (χ2n) is 5.94. The number of halogens is 1. The highest BCUT2D eigenvalue weighted by molar-refractivity contribution is 5.94. The molecule has 3 amide bonds. The molecular weight excluding hydrogens is 299 g/mol. The fraction of sp³-hybridized carbons (Fsp3) is 0.500. The van der Waals surface area contributed by atoms with Gasteiger partial charge in [0.15, 0.2) is 0 Å².